The normalized spacial score (nSPS) is 11.4. The molecular formula is C16H14N2O5S2. The lowest BCUT2D eigenvalue weighted by Crippen LogP contribution is -2.13. The Hall–Kier alpha value is -2.65. The lowest BCUT2D eigenvalue weighted by atomic mass is 10.2. The lowest BCUT2D eigenvalue weighted by Gasteiger charge is -2.09. The molecule has 7 nitrogen and oxygen atoms in total. The number of aromatic nitrogens is 1. The quantitative estimate of drug-likeness (QED) is 0.664. The summed E-state index contributed by atoms with van der Waals surface area (Å²) in [4.78, 5) is 25.4. The summed E-state index contributed by atoms with van der Waals surface area (Å²) < 4.78 is 32.9. The van der Waals surface area contributed by atoms with Crippen LogP contribution in [-0.4, -0.2) is 26.0 Å². The number of carbonyl (C=O) groups excluding carboxylic acids is 1. The van der Waals surface area contributed by atoms with E-state index in [4.69, 9.17) is 4.74 Å². The van der Waals surface area contributed by atoms with Crippen molar-refractivity contribution in [3.8, 4) is 0 Å². The number of hydrogen-bond acceptors (Lipinski definition) is 6. The van der Waals surface area contributed by atoms with Crippen molar-refractivity contribution < 1.29 is 17.9 Å². The van der Waals surface area contributed by atoms with Crippen molar-refractivity contribution in [2.45, 2.75) is 11.8 Å². The molecule has 3 rings (SSSR count). The summed E-state index contributed by atoms with van der Waals surface area (Å²) in [7, 11) is -3.81. The van der Waals surface area contributed by atoms with E-state index in [9.17, 15) is 18.0 Å². The van der Waals surface area contributed by atoms with Crippen LogP contribution in [0.3, 0.4) is 0 Å². The number of aromatic amines is 1. The van der Waals surface area contributed by atoms with E-state index in [1.54, 1.807) is 13.0 Å². The number of nitrogens with one attached hydrogen (secondary N) is 2. The number of esters is 1. The van der Waals surface area contributed by atoms with E-state index in [1.807, 2.05) is 0 Å². The molecule has 1 aromatic heterocycles. The van der Waals surface area contributed by atoms with E-state index in [0.717, 1.165) is 11.3 Å². The highest BCUT2D eigenvalue weighted by Gasteiger charge is 2.16. The molecule has 0 fully saturated rings. The molecule has 2 N–H and O–H groups in total. The van der Waals surface area contributed by atoms with Gasteiger partial charge in [0.2, 0.25) is 0 Å². The lowest BCUT2D eigenvalue weighted by molar-refractivity contribution is 0.0526. The molecule has 0 aliphatic carbocycles. The van der Waals surface area contributed by atoms with Crippen molar-refractivity contribution in [2.24, 2.45) is 0 Å². The van der Waals surface area contributed by atoms with E-state index >= 15 is 0 Å². The van der Waals surface area contributed by atoms with Crippen LogP contribution < -0.4 is 9.60 Å². The second-order valence-corrected chi connectivity index (χ2v) is 7.77. The van der Waals surface area contributed by atoms with Crippen molar-refractivity contribution in [1.82, 2.24) is 4.98 Å². The summed E-state index contributed by atoms with van der Waals surface area (Å²) in [5.41, 5.74) is 1.24. The maximum Gasteiger partial charge on any atom is 0.338 e. The second kappa shape index (κ2) is 6.69. The highest BCUT2D eigenvalue weighted by molar-refractivity contribution is 7.92. The number of sulfonamides is 1. The fourth-order valence-electron chi connectivity index (χ4n) is 2.20. The average molecular weight is 378 g/mol. The van der Waals surface area contributed by atoms with Gasteiger partial charge in [-0.2, -0.15) is 0 Å². The molecule has 0 amide bonds. The highest BCUT2D eigenvalue weighted by atomic mass is 32.2. The molecule has 0 atom stereocenters. The summed E-state index contributed by atoms with van der Waals surface area (Å²) in [6.45, 7) is 1.97. The molecule has 0 aliphatic rings. The minimum atomic E-state index is -3.81. The van der Waals surface area contributed by atoms with Crippen molar-refractivity contribution in [2.75, 3.05) is 11.3 Å². The number of H-pyrrole nitrogens is 1. The summed E-state index contributed by atoms with van der Waals surface area (Å²) in [6.07, 6.45) is 0. The molecule has 0 spiro atoms. The van der Waals surface area contributed by atoms with Crippen LogP contribution >= 0.6 is 11.3 Å². The topological polar surface area (TPSA) is 105 Å². The minimum absolute atomic E-state index is 0.0460. The third-order valence-electron chi connectivity index (χ3n) is 3.35. The number of rotatable bonds is 5. The van der Waals surface area contributed by atoms with Gasteiger partial charge in [-0.05, 0) is 49.4 Å². The number of fused-ring (bicyclic) bond motifs is 1. The SMILES string of the molecule is CCOC(=O)c1ccc(NS(=O)(=O)c2ccc3[nH]c(=O)sc3c2)cc1. The Balaban J connectivity index is 1.84. The summed E-state index contributed by atoms with van der Waals surface area (Å²) in [5.74, 6) is -0.468. The van der Waals surface area contributed by atoms with Crippen LogP contribution in [0.4, 0.5) is 5.69 Å². The standard InChI is InChI=1S/C16H14N2O5S2/c1-2-23-15(19)10-3-5-11(6-4-10)18-25(21,22)12-7-8-13-14(9-12)24-16(20)17-13/h3-9,18H,2H2,1H3,(H,17,20). The van der Waals surface area contributed by atoms with Gasteiger partial charge in [0.05, 0.1) is 27.3 Å². The number of ether oxygens (including phenoxy) is 1. The van der Waals surface area contributed by atoms with E-state index < -0.39 is 16.0 Å². The van der Waals surface area contributed by atoms with Crippen molar-refractivity contribution >= 4 is 43.2 Å². The van der Waals surface area contributed by atoms with E-state index in [2.05, 4.69) is 9.71 Å². The first kappa shape index (κ1) is 17.2. The predicted molar refractivity (Wildman–Crippen MR) is 95.7 cm³/mol. The molecule has 0 aliphatic heterocycles. The van der Waals surface area contributed by atoms with Gasteiger partial charge < -0.3 is 9.72 Å². The molecular weight excluding hydrogens is 364 g/mol. The van der Waals surface area contributed by atoms with Gasteiger partial charge in [-0.25, -0.2) is 13.2 Å². The molecule has 0 bridgehead atoms. The van der Waals surface area contributed by atoms with Gasteiger partial charge in [0.15, 0.2) is 0 Å². The third kappa shape index (κ3) is 3.72. The Bertz CT molecular complexity index is 1080. The first-order valence-corrected chi connectivity index (χ1v) is 9.62. The second-order valence-electron chi connectivity index (χ2n) is 5.08. The Labute approximate surface area is 147 Å². The van der Waals surface area contributed by atoms with Crippen LogP contribution in [0.5, 0.6) is 0 Å². The van der Waals surface area contributed by atoms with E-state index in [1.165, 1.54) is 36.4 Å². The van der Waals surface area contributed by atoms with Crippen molar-refractivity contribution in [3.63, 3.8) is 0 Å². The Morgan fingerprint density at radius 1 is 1.20 bits per heavy atom. The summed E-state index contributed by atoms with van der Waals surface area (Å²) >= 11 is 0.944. The average Bonchev–Trinajstić information content (AvgIpc) is 2.94. The number of hydrogen-bond donors (Lipinski definition) is 2. The molecule has 9 heteroatoms. The smallest absolute Gasteiger partial charge is 0.338 e. The molecule has 0 saturated carbocycles. The third-order valence-corrected chi connectivity index (χ3v) is 5.58. The number of benzene rings is 2. The van der Waals surface area contributed by atoms with Crippen LogP contribution in [0.15, 0.2) is 52.2 Å². The zero-order chi connectivity index (χ0) is 18.0. The van der Waals surface area contributed by atoms with Crippen LogP contribution in [-0.2, 0) is 14.8 Å². The summed E-state index contributed by atoms with van der Waals surface area (Å²) in [6, 6.07) is 10.3. The number of anilines is 1. The molecule has 130 valence electrons. The number of thiazole rings is 1. The maximum atomic E-state index is 12.5. The zero-order valence-electron chi connectivity index (χ0n) is 13.1. The van der Waals surface area contributed by atoms with E-state index in [0.29, 0.717) is 21.5 Å². The molecule has 0 unspecified atom stereocenters. The minimum Gasteiger partial charge on any atom is -0.462 e. The molecule has 2 aromatic carbocycles. The largest absolute Gasteiger partial charge is 0.462 e. The van der Waals surface area contributed by atoms with Crippen molar-refractivity contribution in [1.29, 1.82) is 0 Å². The van der Waals surface area contributed by atoms with Gasteiger partial charge in [-0.15, -0.1) is 0 Å². The fraction of sp³-hybridized carbons (Fsp3) is 0.125. The first-order valence-electron chi connectivity index (χ1n) is 7.32. The predicted octanol–water partition coefficient (Wildman–Crippen LogP) is 2.57. The van der Waals surface area contributed by atoms with Gasteiger partial charge in [-0.3, -0.25) is 9.52 Å². The summed E-state index contributed by atoms with van der Waals surface area (Å²) in [5, 5.41) is 0. The van der Waals surface area contributed by atoms with Gasteiger partial charge >= 0.3 is 10.8 Å². The molecule has 1 heterocycles. The molecule has 0 radical (unpaired) electrons. The van der Waals surface area contributed by atoms with E-state index in [-0.39, 0.29) is 16.4 Å². The van der Waals surface area contributed by atoms with Crippen LogP contribution in [0.25, 0.3) is 10.2 Å². The van der Waals surface area contributed by atoms with Gasteiger partial charge in [0, 0.05) is 5.69 Å². The van der Waals surface area contributed by atoms with Crippen molar-refractivity contribution in [3.05, 3.63) is 57.7 Å². The zero-order valence-corrected chi connectivity index (χ0v) is 14.7. The van der Waals surface area contributed by atoms with Crippen LogP contribution in [0.2, 0.25) is 0 Å². The van der Waals surface area contributed by atoms with Gasteiger partial charge in [0.1, 0.15) is 0 Å². The maximum absolute atomic E-state index is 12.5. The highest BCUT2D eigenvalue weighted by Crippen LogP contribution is 2.22. The first-order chi connectivity index (χ1) is 11.9. The monoisotopic (exact) mass is 378 g/mol. The Morgan fingerprint density at radius 3 is 2.60 bits per heavy atom. The van der Waals surface area contributed by atoms with Crippen LogP contribution in [0.1, 0.15) is 17.3 Å². The number of carbonyl (C=O) groups is 1. The van der Waals surface area contributed by atoms with Crippen LogP contribution in [0, 0.1) is 0 Å². The van der Waals surface area contributed by atoms with Gasteiger partial charge in [-0.1, -0.05) is 11.3 Å². The van der Waals surface area contributed by atoms with Gasteiger partial charge in [0.25, 0.3) is 10.0 Å². The fourth-order valence-corrected chi connectivity index (χ4v) is 4.13. The Kier molecular flexibility index (Phi) is 4.60. The molecule has 0 saturated heterocycles. The molecule has 3 aromatic rings. The molecule has 25 heavy (non-hydrogen) atoms. The Morgan fingerprint density at radius 2 is 1.92 bits per heavy atom.